The number of para-hydroxylation sites is 1. The zero-order valence-electron chi connectivity index (χ0n) is 17.7. The van der Waals surface area contributed by atoms with E-state index >= 15 is 0 Å². The monoisotopic (exact) mass is 434 g/mol. The standard InChI is InChI=1S/C24H23ClN4O2/c1-16-22(17(2)31-27-16)13-23(30)28(3)14-19-15-29(21-7-5-4-6-8-21)26-24(19)18-9-11-20(25)12-10-18/h4-12,15H,13-14H2,1-3H3. The molecule has 7 heteroatoms. The molecule has 0 unspecified atom stereocenters. The number of rotatable bonds is 6. The molecule has 0 bridgehead atoms. The van der Waals surface area contributed by atoms with Crippen molar-refractivity contribution in [3.8, 4) is 16.9 Å². The number of carbonyl (C=O) groups is 1. The first kappa shape index (κ1) is 20.9. The lowest BCUT2D eigenvalue weighted by molar-refractivity contribution is -0.129. The second kappa shape index (κ2) is 8.78. The number of aryl methyl sites for hydroxylation is 2. The van der Waals surface area contributed by atoms with Crippen molar-refractivity contribution < 1.29 is 9.32 Å². The smallest absolute Gasteiger partial charge is 0.227 e. The Balaban J connectivity index is 1.63. The zero-order valence-corrected chi connectivity index (χ0v) is 18.4. The summed E-state index contributed by atoms with van der Waals surface area (Å²) in [5.74, 6) is 0.668. The van der Waals surface area contributed by atoms with Gasteiger partial charge in [0.2, 0.25) is 5.91 Å². The summed E-state index contributed by atoms with van der Waals surface area (Å²) in [7, 11) is 1.80. The van der Waals surface area contributed by atoms with Gasteiger partial charge in [-0.15, -0.1) is 0 Å². The number of amides is 1. The molecule has 0 atom stereocenters. The van der Waals surface area contributed by atoms with Crippen molar-refractivity contribution in [2.45, 2.75) is 26.8 Å². The van der Waals surface area contributed by atoms with E-state index in [1.807, 2.05) is 79.3 Å². The van der Waals surface area contributed by atoms with Crippen molar-refractivity contribution >= 4 is 17.5 Å². The van der Waals surface area contributed by atoms with E-state index in [4.69, 9.17) is 21.2 Å². The van der Waals surface area contributed by atoms with Crippen molar-refractivity contribution in [3.05, 3.63) is 88.4 Å². The maximum absolute atomic E-state index is 12.9. The molecule has 0 aliphatic heterocycles. The largest absolute Gasteiger partial charge is 0.361 e. The van der Waals surface area contributed by atoms with Gasteiger partial charge in [-0.2, -0.15) is 5.10 Å². The minimum absolute atomic E-state index is 0.0103. The van der Waals surface area contributed by atoms with Crippen LogP contribution in [0.4, 0.5) is 0 Å². The van der Waals surface area contributed by atoms with E-state index in [9.17, 15) is 4.79 Å². The molecule has 31 heavy (non-hydrogen) atoms. The molecule has 4 aromatic rings. The molecule has 158 valence electrons. The number of likely N-dealkylation sites (N-methyl/N-ethyl adjacent to an activating group) is 1. The first-order chi connectivity index (χ1) is 14.9. The van der Waals surface area contributed by atoms with E-state index in [2.05, 4.69) is 5.16 Å². The highest BCUT2D eigenvalue weighted by Gasteiger charge is 2.20. The van der Waals surface area contributed by atoms with Gasteiger partial charge in [0.1, 0.15) is 5.76 Å². The van der Waals surface area contributed by atoms with Crippen LogP contribution in [0, 0.1) is 13.8 Å². The third kappa shape index (κ3) is 4.54. The van der Waals surface area contributed by atoms with Crippen molar-refractivity contribution in [1.29, 1.82) is 0 Å². The predicted octanol–water partition coefficient (Wildman–Crippen LogP) is 5.00. The summed E-state index contributed by atoms with van der Waals surface area (Å²) in [5, 5.41) is 9.41. The van der Waals surface area contributed by atoms with Crippen LogP contribution in [0.15, 0.2) is 65.3 Å². The van der Waals surface area contributed by atoms with Gasteiger partial charge in [0.25, 0.3) is 0 Å². The predicted molar refractivity (Wildman–Crippen MR) is 120 cm³/mol. The highest BCUT2D eigenvalue weighted by molar-refractivity contribution is 6.30. The molecule has 4 rings (SSSR count). The Morgan fingerprint density at radius 1 is 1.10 bits per heavy atom. The van der Waals surface area contributed by atoms with Crippen molar-refractivity contribution in [2.24, 2.45) is 0 Å². The van der Waals surface area contributed by atoms with Crippen LogP contribution in [0.1, 0.15) is 22.6 Å². The lowest BCUT2D eigenvalue weighted by atomic mass is 10.1. The molecular formula is C24H23ClN4O2. The summed E-state index contributed by atoms with van der Waals surface area (Å²) in [5.41, 5.74) is 5.25. The number of hydrogen-bond acceptors (Lipinski definition) is 4. The summed E-state index contributed by atoms with van der Waals surface area (Å²) in [6.07, 6.45) is 2.22. The maximum atomic E-state index is 12.9. The average Bonchev–Trinajstić information content (AvgIpc) is 3.33. The molecule has 1 amide bonds. The molecule has 2 aromatic heterocycles. The molecule has 0 spiro atoms. The Labute approximate surface area is 186 Å². The lowest BCUT2D eigenvalue weighted by Gasteiger charge is -2.17. The van der Waals surface area contributed by atoms with Crippen LogP contribution in [-0.2, 0) is 17.8 Å². The van der Waals surface area contributed by atoms with E-state index in [1.54, 1.807) is 11.9 Å². The number of halogens is 1. The average molecular weight is 435 g/mol. The zero-order chi connectivity index (χ0) is 22.0. The maximum Gasteiger partial charge on any atom is 0.227 e. The van der Waals surface area contributed by atoms with Gasteiger partial charge in [0.15, 0.2) is 0 Å². The van der Waals surface area contributed by atoms with Crippen LogP contribution in [0.25, 0.3) is 16.9 Å². The Morgan fingerprint density at radius 3 is 2.45 bits per heavy atom. The quantitative estimate of drug-likeness (QED) is 0.428. The van der Waals surface area contributed by atoms with Gasteiger partial charge in [0, 0.05) is 41.5 Å². The van der Waals surface area contributed by atoms with Gasteiger partial charge in [-0.05, 0) is 38.1 Å². The molecule has 0 radical (unpaired) electrons. The van der Waals surface area contributed by atoms with Gasteiger partial charge in [-0.3, -0.25) is 4.79 Å². The van der Waals surface area contributed by atoms with Gasteiger partial charge in [0.05, 0.1) is 23.5 Å². The van der Waals surface area contributed by atoms with E-state index in [1.165, 1.54) is 0 Å². The third-order valence-electron chi connectivity index (χ3n) is 5.27. The topological polar surface area (TPSA) is 64.2 Å². The third-order valence-corrected chi connectivity index (χ3v) is 5.52. The Kier molecular flexibility index (Phi) is 5.91. The number of nitrogens with zero attached hydrogens (tertiary/aromatic N) is 4. The van der Waals surface area contributed by atoms with Crippen molar-refractivity contribution in [2.75, 3.05) is 7.05 Å². The normalized spacial score (nSPS) is 11.0. The first-order valence-electron chi connectivity index (χ1n) is 9.98. The Hall–Kier alpha value is -3.38. The fourth-order valence-corrected chi connectivity index (χ4v) is 3.60. The van der Waals surface area contributed by atoms with Crippen LogP contribution >= 0.6 is 11.6 Å². The van der Waals surface area contributed by atoms with E-state index in [0.717, 1.165) is 33.8 Å². The molecule has 0 fully saturated rings. The SMILES string of the molecule is Cc1noc(C)c1CC(=O)N(C)Cc1cn(-c2ccccc2)nc1-c1ccc(Cl)cc1. The van der Waals surface area contributed by atoms with Crippen LogP contribution < -0.4 is 0 Å². The van der Waals surface area contributed by atoms with E-state index in [-0.39, 0.29) is 12.3 Å². The molecule has 0 aliphatic rings. The molecule has 0 saturated heterocycles. The van der Waals surface area contributed by atoms with Crippen LogP contribution in [-0.4, -0.2) is 32.8 Å². The molecule has 0 aliphatic carbocycles. The van der Waals surface area contributed by atoms with Crippen molar-refractivity contribution in [3.63, 3.8) is 0 Å². The number of carbonyl (C=O) groups excluding carboxylic acids is 1. The number of hydrogen-bond donors (Lipinski definition) is 0. The number of benzene rings is 2. The van der Waals surface area contributed by atoms with Crippen LogP contribution in [0.2, 0.25) is 5.02 Å². The lowest BCUT2D eigenvalue weighted by Crippen LogP contribution is -2.28. The highest BCUT2D eigenvalue weighted by Crippen LogP contribution is 2.26. The summed E-state index contributed by atoms with van der Waals surface area (Å²) < 4.78 is 7.03. The van der Waals surface area contributed by atoms with Crippen LogP contribution in [0.3, 0.4) is 0 Å². The summed E-state index contributed by atoms with van der Waals surface area (Å²) in [6.45, 7) is 4.10. The van der Waals surface area contributed by atoms with Gasteiger partial charge >= 0.3 is 0 Å². The minimum atomic E-state index is -0.0103. The fraction of sp³-hybridized carbons (Fsp3) is 0.208. The molecule has 2 heterocycles. The van der Waals surface area contributed by atoms with E-state index < -0.39 is 0 Å². The minimum Gasteiger partial charge on any atom is -0.361 e. The fourth-order valence-electron chi connectivity index (χ4n) is 3.47. The second-order valence-electron chi connectivity index (χ2n) is 7.52. The van der Waals surface area contributed by atoms with Gasteiger partial charge in [-0.25, -0.2) is 4.68 Å². The Morgan fingerprint density at radius 2 is 1.81 bits per heavy atom. The summed E-state index contributed by atoms with van der Waals surface area (Å²) in [6, 6.07) is 17.5. The van der Waals surface area contributed by atoms with E-state index in [0.29, 0.717) is 17.3 Å². The molecule has 0 N–H and O–H groups in total. The Bertz CT molecular complexity index is 1180. The second-order valence-corrected chi connectivity index (χ2v) is 7.96. The summed E-state index contributed by atoms with van der Waals surface area (Å²) in [4.78, 5) is 14.6. The molecule has 2 aromatic carbocycles. The molecular weight excluding hydrogens is 412 g/mol. The number of aromatic nitrogens is 3. The van der Waals surface area contributed by atoms with Crippen LogP contribution in [0.5, 0.6) is 0 Å². The summed E-state index contributed by atoms with van der Waals surface area (Å²) >= 11 is 6.07. The van der Waals surface area contributed by atoms with Gasteiger partial charge < -0.3 is 9.42 Å². The van der Waals surface area contributed by atoms with Gasteiger partial charge in [-0.1, -0.05) is 47.1 Å². The highest BCUT2D eigenvalue weighted by atomic mass is 35.5. The van der Waals surface area contributed by atoms with Crippen molar-refractivity contribution in [1.82, 2.24) is 19.8 Å². The molecule has 0 saturated carbocycles. The molecule has 6 nitrogen and oxygen atoms in total. The first-order valence-corrected chi connectivity index (χ1v) is 10.4.